The number of aromatic nitrogens is 1. The monoisotopic (exact) mass is 287 g/mol. The summed E-state index contributed by atoms with van der Waals surface area (Å²) < 4.78 is 38.3. The molecule has 0 amide bonds. The van der Waals surface area contributed by atoms with Gasteiger partial charge >= 0.3 is 6.18 Å². The van der Waals surface area contributed by atoms with Crippen LogP contribution in [0.15, 0.2) is 18.3 Å². The molecule has 2 rings (SSSR count). The van der Waals surface area contributed by atoms with Crippen molar-refractivity contribution in [1.29, 1.82) is 0 Å². The van der Waals surface area contributed by atoms with Crippen LogP contribution in [0.1, 0.15) is 25.3 Å². The second-order valence-electron chi connectivity index (χ2n) is 5.20. The molecule has 112 valence electrons. The van der Waals surface area contributed by atoms with Crippen LogP contribution in [0.3, 0.4) is 0 Å². The van der Waals surface area contributed by atoms with Gasteiger partial charge in [0.1, 0.15) is 5.82 Å². The fourth-order valence-electron chi connectivity index (χ4n) is 2.57. The molecule has 3 nitrogen and oxygen atoms in total. The van der Waals surface area contributed by atoms with E-state index >= 15 is 0 Å². The van der Waals surface area contributed by atoms with E-state index in [0.717, 1.165) is 24.5 Å². The molecule has 0 spiro atoms. The molecule has 0 aromatic carbocycles. The maximum absolute atomic E-state index is 12.8. The molecular formula is C14H20F3N3. The Hall–Kier alpha value is -1.30. The highest BCUT2D eigenvalue weighted by molar-refractivity contribution is 5.37. The van der Waals surface area contributed by atoms with Gasteiger partial charge in [0.15, 0.2) is 0 Å². The van der Waals surface area contributed by atoms with Crippen LogP contribution in [-0.4, -0.2) is 35.7 Å². The van der Waals surface area contributed by atoms with Gasteiger partial charge in [0, 0.05) is 25.8 Å². The summed E-state index contributed by atoms with van der Waals surface area (Å²) in [6.45, 7) is 4.13. The van der Waals surface area contributed by atoms with E-state index in [-0.39, 0.29) is 13.0 Å². The summed E-state index contributed by atoms with van der Waals surface area (Å²) in [7, 11) is 0. The maximum atomic E-state index is 12.8. The zero-order valence-electron chi connectivity index (χ0n) is 11.6. The van der Waals surface area contributed by atoms with Gasteiger partial charge in [0.05, 0.1) is 5.92 Å². The molecule has 0 radical (unpaired) electrons. The highest BCUT2D eigenvalue weighted by atomic mass is 19.4. The van der Waals surface area contributed by atoms with E-state index in [1.165, 1.54) is 0 Å². The number of hydrogen-bond donors (Lipinski definition) is 1. The Balaban J connectivity index is 1.97. The molecule has 1 N–H and O–H groups in total. The van der Waals surface area contributed by atoms with Crippen LogP contribution in [0.25, 0.3) is 0 Å². The second-order valence-corrected chi connectivity index (χ2v) is 5.20. The second kappa shape index (κ2) is 6.43. The van der Waals surface area contributed by atoms with Gasteiger partial charge in [-0.2, -0.15) is 13.2 Å². The molecule has 2 heterocycles. The van der Waals surface area contributed by atoms with E-state index in [1.807, 2.05) is 24.0 Å². The van der Waals surface area contributed by atoms with Gasteiger partial charge in [0.2, 0.25) is 0 Å². The quantitative estimate of drug-likeness (QED) is 0.921. The summed E-state index contributed by atoms with van der Waals surface area (Å²) >= 11 is 0. The van der Waals surface area contributed by atoms with E-state index in [1.54, 1.807) is 6.20 Å². The Morgan fingerprint density at radius 2 is 2.25 bits per heavy atom. The number of likely N-dealkylation sites (tertiary alicyclic amines) is 1. The minimum atomic E-state index is -4.08. The molecule has 1 fully saturated rings. The molecule has 6 heteroatoms. The first-order valence-electron chi connectivity index (χ1n) is 6.97. The fourth-order valence-corrected chi connectivity index (χ4v) is 2.57. The highest BCUT2D eigenvalue weighted by Crippen LogP contribution is 2.33. The standard InChI is InChI=1S/C14H20F3N3/c1-2-18-13-8-11(5-6-19-13)9-20-7-3-4-12(10-20)14(15,16)17/h5-6,8,12H,2-4,7,9-10H2,1H3,(H,18,19). The van der Waals surface area contributed by atoms with Gasteiger partial charge in [-0.05, 0) is 44.0 Å². The topological polar surface area (TPSA) is 28.2 Å². The number of nitrogens with one attached hydrogen (secondary N) is 1. The number of anilines is 1. The third-order valence-corrected chi connectivity index (χ3v) is 3.56. The molecule has 20 heavy (non-hydrogen) atoms. The van der Waals surface area contributed by atoms with Crippen molar-refractivity contribution in [2.24, 2.45) is 5.92 Å². The third kappa shape index (κ3) is 4.10. The van der Waals surface area contributed by atoms with Crippen molar-refractivity contribution in [2.45, 2.75) is 32.5 Å². The normalized spacial score (nSPS) is 20.9. The summed E-state index contributed by atoms with van der Waals surface area (Å²) in [5.74, 6) is -0.416. The Labute approximate surface area is 117 Å². The van der Waals surface area contributed by atoms with Crippen LogP contribution in [0.2, 0.25) is 0 Å². The molecule has 1 atom stereocenters. The lowest BCUT2D eigenvalue weighted by atomic mass is 9.97. The Morgan fingerprint density at radius 3 is 2.95 bits per heavy atom. The number of piperidine rings is 1. The minimum Gasteiger partial charge on any atom is -0.370 e. The molecular weight excluding hydrogens is 267 g/mol. The Bertz CT molecular complexity index is 434. The molecule has 1 aromatic rings. The average Bonchev–Trinajstić information content (AvgIpc) is 2.39. The molecule has 1 unspecified atom stereocenters. The number of nitrogens with zero attached hydrogens (tertiary/aromatic N) is 2. The van der Waals surface area contributed by atoms with E-state index < -0.39 is 12.1 Å². The summed E-state index contributed by atoms with van der Waals surface area (Å²) in [6.07, 6.45) is -1.53. The Morgan fingerprint density at radius 1 is 1.45 bits per heavy atom. The van der Waals surface area contributed by atoms with Crippen molar-refractivity contribution in [1.82, 2.24) is 9.88 Å². The van der Waals surface area contributed by atoms with Crippen LogP contribution in [0, 0.1) is 5.92 Å². The summed E-state index contributed by atoms with van der Waals surface area (Å²) in [4.78, 5) is 6.05. The fraction of sp³-hybridized carbons (Fsp3) is 0.643. The largest absolute Gasteiger partial charge is 0.393 e. The van der Waals surface area contributed by atoms with E-state index in [9.17, 15) is 13.2 Å². The predicted octanol–water partition coefficient (Wildman–Crippen LogP) is 3.29. The van der Waals surface area contributed by atoms with E-state index in [0.29, 0.717) is 13.0 Å². The van der Waals surface area contributed by atoms with Crippen LogP contribution < -0.4 is 5.32 Å². The zero-order valence-corrected chi connectivity index (χ0v) is 11.6. The van der Waals surface area contributed by atoms with E-state index in [2.05, 4.69) is 10.3 Å². The summed E-state index contributed by atoms with van der Waals surface area (Å²) in [5, 5.41) is 3.11. The molecule has 0 saturated carbocycles. The first-order valence-corrected chi connectivity index (χ1v) is 6.97. The lowest BCUT2D eigenvalue weighted by Gasteiger charge is -2.33. The van der Waals surface area contributed by atoms with Gasteiger partial charge in [0.25, 0.3) is 0 Å². The smallest absolute Gasteiger partial charge is 0.370 e. The van der Waals surface area contributed by atoms with Crippen molar-refractivity contribution >= 4 is 5.82 Å². The predicted molar refractivity (Wildman–Crippen MR) is 72.5 cm³/mol. The van der Waals surface area contributed by atoms with Gasteiger partial charge < -0.3 is 5.32 Å². The first-order chi connectivity index (χ1) is 9.49. The van der Waals surface area contributed by atoms with Crippen molar-refractivity contribution < 1.29 is 13.2 Å². The lowest BCUT2D eigenvalue weighted by Crippen LogP contribution is -2.41. The zero-order chi connectivity index (χ0) is 14.6. The molecule has 0 bridgehead atoms. The van der Waals surface area contributed by atoms with Crippen molar-refractivity contribution in [3.63, 3.8) is 0 Å². The van der Waals surface area contributed by atoms with Crippen molar-refractivity contribution in [3.8, 4) is 0 Å². The molecule has 0 aliphatic carbocycles. The SMILES string of the molecule is CCNc1cc(CN2CCCC(C(F)(F)F)C2)ccn1. The van der Waals surface area contributed by atoms with Crippen molar-refractivity contribution in [2.75, 3.05) is 25.0 Å². The molecule has 1 aliphatic heterocycles. The van der Waals surface area contributed by atoms with Crippen LogP contribution >= 0.6 is 0 Å². The molecule has 1 aliphatic rings. The highest BCUT2D eigenvalue weighted by Gasteiger charge is 2.41. The van der Waals surface area contributed by atoms with Gasteiger partial charge in [-0.25, -0.2) is 4.98 Å². The maximum Gasteiger partial charge on any atom is 0.393 e. The summed E-state index contributed by atoms with van der Waals surface area (Å²) in [6, 6.07) is 3.76. The van der Waals surface area contributed by atoms with Crippen LogP contribution in [0.4, 0.5) is 19.0 Å². The summed E-state index contributed by atoms with van der Waals surface area (Å²) in [5.41, 5.74) is 0.999. The minimum absolute atomic E-state index is 0.0996. The molecule has 1 saturated heterocycles. The number of alkyl halides is 3. The van der Waals surface area contributed by atoms with Gasteiger partial charge in [-0.3, -0.25) is 4.90 Å². The number of pyridine rings is 1. The number of halogens is 3. The number of hydrogen-bond acceptors (Lipinski definition) is 3. The molecule has 1 aromatic heterocycles. The van der Waals surface area contributed by atoms with E-state index in [4.69, 9.17) is 0 Å². The Kier molecular flexibility index (Phi) is 4.86. The lowest BCUT2D eigenvalue weighted by molar-refractivity contribution is -0.187. The third-order valence-electron chi connectivity index (χ3n) is 3.56. The van der Waals surface area contributed by atoms with Gasteiger partial charge in [-0.1, -0.05) is 0 Å². The van der Waals surface area contributed by atoms with Crippen molar-refractivity contribution in [3.05, 3.63) is 23.9 Å². The first kappa shape index (κ1) is 15.1. The average molecular weight is 287 g/mol. The van der Waals surface area contributed by atoms with Crippen LogP contribution in [0.5, 0.6) is 0 Å². The number of rotatable bonds is 4. The van der Waals surface area contributed by atoms with Crippen LogP contribution in [-0.2, 0) is 6.54 Å². The van der Waals surface area contributed by atoms with Gasteiger partial charge in [-0.15, -0.1) is 0 Å².